The van der Waals surface area contributed by atoms with Crippen molar-refractivity contribution in [2.75, 3.05) is 26.6 Å². The molecule has 2 rings (SSSR count). The van der Waals surface area contributed by atoms with Gasteiger partial charge >= 0.3 is 0 Å². The first kappa shape index (κ1) is 13.7. The number of nitrogens with one attached hydrogen (secondary N) is 2. The van der Waals surface area contributed by atoms with Gasteiger partial charge in [-0.25, -0.2) is 0 Å². The van der Waals surface area contributed by atoms with Gasteiger partial charge in [-0.15, -0.1) is 0 Å². The zero-order valence-corrected chi connectivity index (χ0v) is 11.4. The molecule has 2 aromatic rings. The molecule has 20 heavy (non-hydrogen) atoms. The fraction of sp³-hybridized carbons (Fsp3) is 0.231. The zero-order valence-electron chi connectivity index (χ0n) is 11.4. The van der Waals surface area contributed by atoms with Gasteiger partial charge in [0.1, 0.15) is 0 Å². The van der Waals surface area contributed by atoms with E-state index in [0.717, 1.165) is 0 Å². The fourth-order valence-electron chi connectivity index (χ4n) is 1.80. The molecular weight excluding hydrogens is 262 g/mol. The topological polar surface area (TPSA) is 85.5 Å². The highest BCUT2D eigenvalue weighted by atomic mass is 16.5. The smallest absolute Gasteiger partial charge is 0.259 e. The Bertz CT molecular complexity index is 596. The third-order valence-corrected chi connectivity index (χ3v) is 2.70. The second kappa shape index (κ2) is 5.96. The van der Waals surface area contributed by atoms with Gasteiger partial charge in [-0.2, -0.15) is 5.10 Å². The average Bonchev–Trinajstić information content (AvgIpc) is 2.98. The number of anilines is 1. The fourth-order valence-corrected chi connectivity index (χ4v) is 1.80. The molecule has 1 heterocycles. The van der Waals surface area contributed by atoms with Crippen LogP contribution in [-0.2, 0) is 0 Å². The highest BCUT2D eigenvalue weighted by molar-refractivity contribution is 6.06. The molecular formula is C13H15N3O4. The van der Waals surface area contributed by atoms with Crippen molar-refractivity contribution < 1.29 is 19.0 Å². The number of ether oxygens (including phenoxy) is 3. The van der Waals surface area contributed by atoms with Crippen molar-refractivity contribution in [3.63, 3.8) is 0 Å². The summed E-state index contributed by atoms with van der Waals surface area (Å²) >= 11 is 0. The first-order valence-corrected chi connectivity index (χ1v) is 5.80. The van der Waals surface area contributed by atoms with Crippen LogP contribution in [0.5, 0.6) is 17.2 Å². The van der Waals surface area contributed by atoms with E-state index in [1.807, 2.05) is 0 Å². The number of H-pyrrole nitrogens is 1. The Morgan fingerprint density at radius 1 is 1.15 bits per heavy atom. The second-order valence-electron chi connectivity index (χ2n) is 3.82. The summed E-state index contributed by atoms with van der Waals surface area (Å²) in [6.45, 7) is 0. The van der Waals surface area contributed by atoms with Crippen molar-refractivity contribution in [2.24, 2.45) is 0 Å². The summed E-state index contributed by atoms with van der Waals surface area (Å²) in [7, 11) is 4.46. The summed E-state index contributed by atoms with van der Waals surface area (Å²) in [5.74, 6) is 0.844. The number of hydrogen-bond donors (Lipinski definition) is 2. The largest absolute Gasteiger partial charge is 0.493 e. The Hall–Kier alpha value is -2.70. The van der Waals surface area contributed by atoms with E-state index in [2.05, 4.69) is 15.5 Å². The van der Waals surface area contributed by atoms with Crippen molar-refractivity contribution in [3.8, 4) is 17.2 Å². The van der Waals surface area contributed by atoms with E-state index in [-0.39, 0.29) is 5.91 Å². The van der Waals surface area contributed by atoms with Crippen LogP contribution in [0.3, 0.4) is 0 Å². The van der Waals surface area contributed by atoms with E-state index in [4.69, 9.17) is 14.2 Å². The van der Waals surface area contributed by atoms with E-state index in [0.29, 0.717) is 28.5 Å². The molecule has 0 radical (unpaired) electrons. The van der Waals surface area contributed by atoms with Crippen molar-refractivity contribution in [3.05, 3.63) is 30.1 Å². The minimum atomic E-state index is -0.329. The second-order valence-corrected chi connectivity index (χ2v) is 3.82. The zero-order chi connectivity index (χ0) is 14.5. The molecule has 0 bridgehead atoms. The van der Waals surface area contributed by atoms with E-state index in [1.54, 1.807) is 18.3 Å². The maximum Gasteiger partial charge on any atom is 0.259 e. The minimum absolute atomic E-state index is 0.313. The molecule has 0 saturated carbocycles. The lowest BCUT2D eigenvalue weighted by Gasteiger charge is -2.15. The van der Waals surface area contributed by atoms with Gasteiger partial charge in [0.15, 0.2) is 11.5 Å². The predicted molar refractivity (Wildman–Crippen MR) is 72.6 cm³/mol. The van der Waals surface area contributed by atoms with Crippen LogP contribution in [0.2, 0.25) is 0 Å². The molecule has 0 aliphatic carbocycles. The molecule has 0 aliphatic rings. The molecule has 0 spiro atoms. The number of aromatic nitrogens is 2. The highest BCUT2D eigenvalue weighted by Crippen LogP contribution is 2.39. The van der Waals surface area contributed by atoms with Crippen LogP contribution >= 0.6 is 0 Å². The number of methoxy groups -OCH3 is 3. The first-order valence-electron chi connectivity index (χ1n) is 5.80. The molecule has 0 atom stereocenters. The quantitative estimate of drug-likeness (QED) is 0.868. The summed E-state index contributed by atoms with van der Waals surface area (Å²) in [5.41, 5.74) is 0.901. The number of amides is 1. The molecule has 106 valence electrons. The average molecular weight is 277 g/mol. The maximum absolute atomic E-state index is 12.2. The molecule has 0 aliphatic heterocycles. The summed E-state index contributed by atoms with van der Waals surface area (Å²) in [5, 5.41) is 9.06. The van der Waals surface area contributed by atoms with Gasteiger partial charge in [0.2, 0.25) is 5.75 Å². The SMILES string of the molecule is COc1ccc(C(=O)Nc2cn[nH]c2)c(OC)c1OC. The van der Waals surface area contributed by atoms with E-state index in [1.165, 1.54) is 27.5 Å². The number of rotatable bonds is 5. The molecule has 2 N–H and O–H groups in total. The van der Waals surface area contributed by atoms with Crippen molar-refractivity contribution in [2.45, 2.75) is 0 Å². The Morgan fingerprint density at radius 3 is 2.45 bits per heavy atom. The third-order valence-electron chi connectivity index (χ3n) is 2.70. The van der Waals surface area contributed by atoms with Crippen molar-refractivity contribution >= 4 is 11.6 Å². The van der Waals surface area contributed by atoms with Crippen LogP contribution in [-0.4, -0.2) is 37.4 Å². The number of carbonyl (C=O) groups is 1. The predicted octanol–water partition coefficient (Wildman–Crippen LogP) is 1.69. The molecule has 7 nitrogen and oxygen atoms in total. The van der Waals surface area contributed by atoms with Crippen LogP contribution in [0.4, 0.5) is 5.69 Å². The monoisotopic (exact) mass is 277 g/mol. The Morgan fingerprint density at radius 2 is 1.90 bits per heavy atom. The van der Waals surface area contributed by atoms with E-state index in [9.17, 15) is 4.79 Å². The first-order chi connectivity index (χ1) is 9.71. The van der Waals surface area contributed by atoms with E-state index < -0.39 is 0 Å². The summed E-state index contributed by atoms with van der Waals surface area (Å²) in [6, 6.07) is 3.25. The summed E-state index contributed by atoms with van der Waals surface area (Å²) in [6.07, 6.45) is 3.08. The molecule has 0 unspecified atom stereocenters. The van der Waals surface area contributed by atoms with E-state index >= 15 is 0 Å². The number of carbonyl (C=O) groups excluding carboxylic acids is 1. The molecule has 1 aromatic heterocycles. The van der Waals surface area contributed by atoms with Crippen molar-refractivity contribution in [1.82, 2.24) is 10.2 Å². The Kier molecular flexibility index (Phi) is 4.09. The van der Waals surface area contributed by atoms with Gasteiger partial charge in [0, 0.05) is 6.20 Å². The van der Waals surface area contributed by atoms with Crippen LogP contribution in [0.15, 0.2) is 24.5 Å². The molecule has 0 fully saturated rings. The van der Waals surface area contributed by atoms with Gasteiger partial charge in [-0.05, 0) is 12.1 Å². The van der Waals surface area contributed by atoms with Crippen LogP contribution in [0, 0.1) is 0 Å². The highest BCUT2D eigenvalue weighted by Gasteiger charge is 2.20. The van der Waals surface area contributed by atoms with Gasteiger partial charge in [0.05, 0.1) is 38.8 Å². The number of hydrogen-bond acceptors (Lipinski definition) is 5. The third kappa shape index (κ3) is 2.51. The molecule has 1 amide bonds. The van der Waals surface area contributed by atoms with Crippen LogP contribution in [0.1, 0.15) is 10.4 Å². The molecule has 7 heteroatoms. The number of aromatic amines is 1. The lowest BCUT2D eigenvalue weighted by Crippen LogP contribution is -2.13. The maximum atomic E-state index is 12.2. The lowest BCUT2D eigenvalue weighted by molar-refractivity contribution is 0.102. The number of nitrogens with zero attached hydrogens (tertiary/aromatic N) is 1. The molecule has 1 aromatic carbocycles. The van der Waals surface area contributed by atoms with Gasteiger partial charge in [-0.1, -0.05) is 0 Å². The van der Waals surface area contributed by atoms with Crippen LogP contribution < -0.4 is 19.5 Å². The minimum Gasteiger partial charge on any atom is -0.493 e. The van der Waals surface area contributed by atoms with Crippen LogP contribution in [0.25, 0.3) is 0 Å². The standard InChI is InChI=1S/C13H15N3O4/c1-18-10-5-4-9(11(19-2)12(10)20-3)13(17)16-8-6-14-15-7-8/h4-7H,1-3H3,(H,14,15)(H,16,17). The Labute approximate surface area is 115 Å². The lowest BCUT2D eigenvalue weighted by atomic mass is 10.1. The normalized spacial score (nSPS) is 9.95. The van der Waals surface area contributed by atoms with Gasteiger partial charge < -0.3 is 19.5 Å². The van der Waals surface area contributed by atoms with Gasteiger partial charge in [0.25, 0.3) is 5.91 Å². The Balaban J connectivity index is 2.38. The van der Waals surface area contributed by atoms with Gasteiger partial charge in [-0.3, -0.25) is 9.89 Å². The molecule has 0 saturated heterocycles. The summed E-state index contributed by atoms with van der Waals surface area (Å²) < 4.78 is 15.7. The van der Waals surface area contributed by atoms with Crippen molar-refractivity contribution in [1.29, 1.82) is 0 Å². The number of benzene rings is 1. The summed E-state index contributed by atoms with van der Waals surface area (Å²) in [4.78, 5) is 12.2.